The number of hydrogen-bond acceptors (Lipinski definition) is 6. The molecule has 0 unspecified atom stereocenters. The Labute approximate surface area is 148 Å². The summed E-state index contributed by atoms with van der Waals surface area (Å²) in [5.41, 5.74) is 0. The Morgan fingerprint density at radius 2 is 1.64 bits per heavy atom. The average molecular weight is 353 g/mol. The second-order valence-electron chi connectivity index (χ2n) is 6.96. The molecular formula is C18H28FN3O3. The molecule has 3 heterocycles. The fourth-order valence-corrected chi connectivity index (χ4v) is 3.53. The predicted molar refractivity (Wildman–Crippen MR) is 93.0 cm³/mol. The first-order chi connectivity index (χ1) is 12.1. The molecule has 25 heavy (non-hydrogen) atoms. The Hall–Kier alpha value is -1.60. The van der Waals surface area contributed by atoms with Crippen LogP contribution in [0.4, 0.5) is 4.39 Å². The van der Waals surface area contributed by atoms with E-state index in [1.807, 2.05) is 0 Å². The van der Waals surface area contributed by atoms with Crippen LogP contribution >= 0.6 is 0 Å². The van der Waals surface area contributed by atoms with Gasteiger partial charge in [0.2, 0.25) is 0 Å². The van der Waals surface area contributed by atoms with Gasteiger partial charge in [0.15, 0.2) is 11.5 Å². The van der Waals surface area contributed by atoms with Gasteiger partial charge in [-0.1, -0.05) is 0 Å². The van der Waals surface area contributed by atoms with Gasteiger partial charge in [-0.25, -0.2) is 0 Å². The average Bonchev–Trinajstić information content (AvgIpc) is 3.20. The molecule has 6 nitrogen and oxygen atoms in total. The number of rotatable bonds is 7. The summed E-state index contributed by atoms with van der Waals surface area (Å²) in [5.74, 6) is 0.0428. The first kappa shape index (κ1) is 18.2. The summed E-state index contributed by atoms with van der Waals surface area (Å²) in [6.45, 7) is 3.16. The molecule has 2 aliphatic heterocycles. The van der Waals surface area contributed by atoms with Crippen LogP contribution in [-0.2, 0) is 0 Å². The summed E-state index contributed by atoms with van der Waals surface area (Å²) in [6, 6.07) is 2.23. The van der Waals surface area contributed by atoms with Crippen LogP contribution in [0, 0.1) is 5.95 Å². The molecule has 140 valence electrons. The third kappa shape index (κ3) is 4.33. The minimum atomic E-state index is -0.678. The lowest BCUT2D eigenvalue weighted by Gasteiger charge is -2.22. The van der Waals surface area contributed by atoms with E-state index in [-0.39, 0.29) is 11.6 Å². The van der Waals surface area contributed by atoms with Gasteiger partial charge in [-0.15, -0.1) is 0 Å². The van der Waals surface area contributed by atoms with Gasteiger partial charge in [0, 0.05) is 18.2 Å². The fourth-order valence-electron chi connectivity index (χ4n) is 3.53. The van der Waals surface area contributed by atoms with Gasteiger partial charge >= 0.3 is 0 Å². The third-order valence-corrected chi connectivity index (χ3v) is 5.28. The number of aromatic nitrogens is 1. The molecule has 7 heteroatoms. The van der Waals surface area contributed by atoms with Gasteiger partial charge in [-0.3, -0.25) is 0 Å². The number of likely N-dealkylation sites (tertiary alicyclic amines) is 2. The van der Waals surface area contributed by atoms with Crippen LogP contribution in [0.3, 0.4) is 0 Å². The van der Waals surface area contributed by atoms with E-state index in [0.29, 0.717) is 31.0 Å². The molecule has 0 spiro atoms. The molecule has 0 N–H and O–H groups in total. The van der Waals surface area contributed by atoms with E-state index in [0.717, 1.165) is 32.4 Å². The molecule has 2 saturated heterocycles. The van der Waals surface area contributed by atoms with Crippen molar-refractivity contribution < 1.29 is 18.6 Å². The number of ether oxygens (including phenoxy) is 3. The fraction of sp³-hybridized carbons (Fsp3) is 0.722. The van der Waals surface area contributed by atoms with Crippen molar-refractivity contribution in [2.75, 3.05) is 47.5 Å². The molecule has 0 aliphatic carbocycles. The lowest BCUT2D eigenvalue weighted by molar-refractivity contribution is 0.167. The van der Waals surface area contributed by atoms with E-state index < -0.39 is 5.95 Å². The summed E-state index contributed by atoms with van der Waals surface area (Å²) in [7, 11) is 5.59. The molecule has 2 fully saturated rings. The number of hydrogen-bond donors (Lipinski definition) is 0. The maximum absolute atomic E-state index is 14.0. The van der Waals surface area contributed by atoms with Crippen LogP contribution in [0.25, 0.3) is 0 Å². The largest absolute Gasteiger partial charge is 0.492 e. The Morgan fingerprint density at radius 3 is 2.16 bits per heavy atom. The Kier molecular flexibility index (Phi) is 5.96. The van der Waals surface area contributed by atoms with E-state index in [1.54, 1.807) is 0 Å². The van der Waals surface area contributed by atoms with E-state index in [2.05, 4.69) is 28.9 Å². The van der Waals surface area contributed by atoms with E-state index >= 15 is 0 Å². The third-order valence-electron chi connectivity index (χ3n) is 5.28. The van der Waals surface area contributed by atoms with E-state index in [4.69, 9.17) is 14.2 Å². The highest BCUT2D eigenvalue weighted by Gasteiger charge is 2.25. The first-order valence-electron chi connectivity index (χ1n) is 8.99. The molecule has 0 saturated carbocycles. The number of methoxy groups -OCH3 is 1. The zero-order chi connectivity index (χ0) is 17.8. The predicted octanol–water partition coefficient (Wildman–Crippen LogP) is 2.18. The SMILES string of the molecule is COc1cc(OC[C@@H]2CCCN2C)c(OC[C@@H]2CCCN2C)nc1F. The monoisotopic (exact) mass is 353 g/mol. The molecule has 0 bridgehead atoms. The van der Waals surface area contributed by atoms with Crippen LogP contribution < -0.4 is 14.2 Å². The molecule has 1 aromatic heterocycles. The highest BCUT2D eigenvalue weighted by atomic mass is 19.1. The van der Waals surface area contributed by atoms with E-state index in [9.17, 15) is 4.39 Å². The number of likely N-dealkylation sites (N-methyl/N-ethyl adjacent to an activating group) is 2. The lowest BCUT2D eigenvalue weighted by atomic mass is 10.2. The van der Waals surface area contributed by atoms with Crippen LogP contribution in [0.1, 0.15) is 25.7 Å². The van der Waals surface area contributed by atoms with Gasteiger partial charge in [-0.2, -0.15) is 9.37 Å². The van der Waals surface area contributed by atoms with Crippen LogP contribution in [-0.4, -0.2) is 74.4 Å². The van der Waals surface area contributed by atoms with Crippen LogP contribution in [0.5, 0.6) is 17.4 Å². The molecule has 2 aliphatic rings. The Balaban J connectivity index is 1.69. The number of halogens is 1. The van der Waals surface area contributed by atoms with E-state index in [1.165, 1.54) is 19.6 Å². The molecule has 1 aromatic rings. The molecule has 0 aromatic carbocycles. The zero-order valence-corrected chi connectivity index (χ0v) is 15.3. The van der Waals surface area contributed by atoms with Crippen molar-refractivity contribution in [2.45, 2.75) is 37.8 Å². The highest BCUT2D eigenvalue weighted by molar-refractivity contribution is 5.40. The van der Waals surface area contributed by atoms with Crippen molar-refractivity contribution in [3.05, 3.63) is 12.0 Å². The second kappa shape index (κ2) is 8.19. The summed E-state index contributed by atoms with van der Waals surface area (Å²) in [5, 5.41) is 0. The summed E-state index contributed by atoms with van der Waals surface area (Å²) < 4.78 is 30.8. The van der Waals surface area contributed by atoms with Crippen molar-refractivity contribution in [3.8, 4) is 17.4 Å². The standard InChI is InChI=1S/C18H28FN3O3/c1-21-8-4-6-13(21)11-24-16-10-15(23-3)17(19)20-18(16)25-12-14-7-5-9-22(14)2/h10,13-14H,4-9,11-12H2,1-3H3/t13-,14-/m0/s1. The van der Waals surface area contributed by atoms with Crippen molar-refractivity contribution in [3.63, 3.8) is 0 Å². The highest BCUT2D eigenvalue weighted by Crippen LogP contribution is 2.32. The molecular weight excluding hydrogens is 325 g/mol. The minimum Gasteiger partial charge on any atom is -0.492 e. The van der Waals surface area contributed by atoms with Gasteiger partial charge in [-0.05, 0) is 52.9 Å². The smallest absolute Gasteiger partial charge is 0.260 e. The van der Waals surface area contributed by atoms with Crippen molar-refractivity contribution in [1.82, 2.24) is 14.8 Å². The summed E-state index contributed by atoms with van der Waals surface area (Å²) in [4.78, 5) is 8.46. The van der Waals surface area contributed by atoms with Crippen molar-refractivity contribution in [2.24, 2.45) is 0 Å². The lowest BCUT2D eigenvalue weighted by Crippen LogP contribution is -2.31. The van der Waals surface area contributed by atoms with Gasteiger partial charge < -0.3 is 24.0 Å². The van der Waals surface area contributed by atoms with Crippen LogP contribution in [0.2, 0.25) is 0 Å². The maximum Gasteiger partial charge on any atom is 0.260 e. The van der Waals surface area contributed by atoms with Crippen molar-refractivity contribution >= 4 is 0 Å². The van der Waals surface area contributed by atoms with Crippen LogP contribution in [0.15, 0.2) is 6.07 Å². The van der Waals surface area contributed by atoms with Gasteiger partial charge in [0.05, 0.1) is 7.11 Å². The van der Waals surface area contributed by atoms with Gasteiger partial charge in [0.25, 0.3) is 11.8 Å². The number of nitrogens with zero attached hydrogens (tertiary/aromatic N) is 3. The van der Waals surface area contributed by atoms with Crippen molar-refractivity contribution in [1.29, 1.82) is 0 Å². The first-order valence-corrected chi connectivity index (χ1v) is 8.99. The molecule has 2 atom stereocenters. The number of pyridine rings is 1. The second-order valence-corrected chi connectivity index (χ2v) is 6.96. The normalized spacial score (nSPS) is 24.6. The Bertz CT molecular complexity index is 587. The zero-order valence-electron chi connectivity index (χ0n) is 15.3. The maximum atomic E-state index is 14.0. The summed E-state index contributed by atoms with van der Waals surface area (Å²) in [6.07, 6.45) is 4.52. The minimum absolute atomic E-state index is 0.0695. The molecule has 0 amide bonds. The molecule has 0 radical (unpaired) electrons. The Morgan fingerprint density at radius 1 is 1.04 bits per heavy atom. The van der Waals surface area contributed by atoms with Gasteiger partial charge in [0.1, 0.15) is 13.2 Å². The molecule has 3 rings (SSSR count). The topological polar surface area (TPSA) is 47.1 Å². The quantitative estimate of drug-likeness (QED) is 0.700. The summed E-state index contributed by atoms with van der Waals surface area (Å²) >= 11 is 0.